The highest BCUT2D eigenvalue weighted by atomic mass is 19.1. The molecule has 2 aromatic rings. The molecule has 4 rings (SSSR count). The van der Waals surface area contributed by atoms with Crippen LogP contribution in [0, 0.1) is 19.7 Å². The van der Waals surface area contributed by atoms with Crippen molar-refractivity contribution < 1.29 is 23.9 Å². The molecule has 7 nitrogen and oxygen atoms in total. The number of hydrogen-bond acceptors (Lipinski definition) is 4. The minimum atomic E-state index is -0.692. The summed E-state index contributed by atoms with van der Waals surface area (Å²) in [5.41, 5.74) is 2.19. The van der Waals surface area contributed by atoms with Crippen molar-refractivity contribution in [3.05, 3.63) is 52.1 Å². The molecule has 0 bridgehead atoms. The Kier molecular flexibility index (Phi) is 6.38. The smallest absolute Gasteiger partial charge is 0.294 e. The molecular weight excluding hydrogens is 437 g/mol. The highest BCUT2D eigenvalue weighted by molar-refractivity contribution is 6.43. The lowest BCUT2D eigenvalue weighted by atomic mass is 9.81. The monoisotopic (exact) mass is 469 g/mol. The number of amides is 2. The van der Waals surface area contributed by atoms with Gasteiger partial charge < -0.3 is 20.3 Å². The number of aliphatic hydroxyl groups is 1. The maximum atomic E-state index is 13.6. The molecule has 2 amide bonds. The summed E-state index contributed by atoms with van der Waals surface area (Å²) < 4.78 is 15.3. The van der Waals surface area contributed by atoms with E-state index in [1.54, 1.807) is 31.5 Å². The third-order valence-corrected chi connectivity index (χ3v) is 7.25. The quantitative estimate of drug-likeness (QED) is 0.441. The van der Waals surface area contributed by atoms with Gasteiger partial charge in [-0.25, -0.2) is 4.39 Å². The second-order valence-electron chi connectivity index (χ2n) is 10.0. The lowest BCUT2D eigenvalue weighted by Crippen LogP contribution is -2.51. The lowest BCUT2D eigenvalue weighted by Gasteiger charge is -2.36. The Morgan fingerprint density at radius 1 is 1.12 bits per heavy atom. The van der Waals surface area contributed by atoms with Crippen molar-refractivity contribution in [2.75, 3.05) is 5.32 Å². The van der Waals surface area contributed by atoms with Crippen molar-refractivity contribution in [2.45, 2.75) is 76.9 Å². The van der Waals surface area contributed by atoms with E-state index >= 15 is 0 Å². The molecule has 0 radical (unpaired) electrons. The number of rotatable bonds is 6. The van der Waals surface area contributed by atoms with Crippen LogP contribution in [0.3, 0.4) is 0 Å². The van der Waals surface area contributed by atoms with Crippen LogP contribution in [0.5, 0.6) is 0 Å². The lowest BCUT2D eigenvalue weighted by molar-refractivity contribution is -0.119. The Morgan fingerprint density at radius 2 is 1.76 bits per heavy atom. The Morgan fingerprint density at radius 3 is 2.35 bits per heavy atom. The number of carbonyl (C=O) groups excluding carboxylic acids is 3. The Hall–Kier alpha value is -3.00. The molecule has 2 saturated carbocycles. The molecule has 0 spiro atoms. The summed E-state index contributed by atoms with van der Waals surface area (Å²) in [7, 11) is 1.69. The van der Waals surface area contributed by atoms with Crippen molar-refractivity contribution in [3.63, 3.8) is 0 Å². The van der Waals surface area contributed by atoms with Crippen molar-refractivity contribution in [1.29, 1.82) is 0 Å². The standard InChI is InChI=1S/C26H32FN3O4/c1-14-13-17(7-8-19(14)27)28-24(33)20-15(2)30(4)22(21(20)16-5-6-16)23(32)25(34)29-26(3)11-9-18(31)10-12-26/h7-8,13,16,18,31H,5-6,9-12H2,1-4H3,(H,28,33)(H,29,34). The first-order chi connectivity index (χ1) is 16.0. The topological polar surface area (TPSA) is 100 Å². The fourth-order valence-corrected chi connectivity index (χ4v) is 4.88. The first kappa shape index (κ1) is 24.1. The summed E-state index contributed by atoms with van der Waals surface area (Å²) in [5, 5.41) is 15.5. The molecule has 2 fully saturated rings. The van der Waals surface area contributed by atoms with Gasteiger partial charge in [0.05, 0.1) is 17.4 Å². The summed E-state index contributed by atoms with van der Waals surface area (Å²) >= 11 is 0. The summed E-state index contributed by atoms with van der Waals surface area (Å²) in [6.45, 7) is 5.28. The van der Waals surface area contributed by atoms with Crippen molar-refractivity contribution >= 4 is 23.3 Å². The number of aromatic nitrogens is 1. The van der Waals surface area contributed by atoms with E-state index in [4.69, 9.17) is 0 Å². The molecule has 0 aliphatic heterocycles. The van der Waals surface area contributed by atoms with Gasteiger partial charge in [0.25, 0.3) is 17.6 Å². The minimum absolute atomic E-state index is 0.0442. The number of nitrogens with zero attached hydrogens (tertiary/aromatic N) is 1. The van der Waals surface area contributed by atoms with Crippen LogP contribution < -0.4 is 10.6 Å². The van der Waals surface area contributed by atoms with Gasteiger partial charge in [0.1, 0.15) is 5.82 Å². The number of benzene rings is 1. The third kappa shape index (κ3) is 4.64. The van der Waals surface area contributed by atoms with E-state index < -0.39 is 17.2 Å². The zero-order chi connectivity index (χ0) is 24.8. The first-order valence-corrected chi connectivity index (χ1v) is 11.8. The molecule has 34 heavy (non-hydrogen) atoms. The molecule has 0 atom stereocenters. The molecule has 3 N–H and O–H groups in total. The third-order valence-electron chi connectivity index (χ3n) is 7.25. The number of hydrogen-bond donors (Lipinski definition) is 3. The van der Waals surface area contributed by atoms with Gasteiger partial charge in [-0.15, -0.1) is 0 Å². The molecule has 1 heterocycles. The van der Waals surface area contributed by atoms with E-state index in [1.807, 2.05) is 6.92 Å². The summed E-state index contributed by atoms with van der Waals surface area (Å²) in [5.74, 6) is -2.04. The normalized spacial score (nSPS) is 22.4. The fraction of sp³-hybridized carbons (Fsp3) is 0.500. The molecule has 1 aromatic heterocycles. The Bertz CT molecular complexity index is 1160. The zero-order valence-electron chi connectivity index (χ0n) is 20.1. The molecule has 182 valence electrons. The molecule has 1 aromatic carbocycles. The zero-order valence-corrected chi connectivity index (χ0v) is 20.1. The van der Waals surface area contributed by atoms with Gasteiger partial charge in [-0.05, 0) is 94.5 Å². The molecule has 0 saturated heterocycles. The van der Waals surface area contributed by atoms with Gasteiger partial charge in [0.15, 0.2) is 0 Å². The van der Waals surface area contributed by atoms with Crippen molar-refractivity contribution in [1.82, 2.24) is 9.88 Å². The van der Waals surface area contributed by atoms with Crippen LogP contribution in [0.15, 0.2) is 18.2 Å². The number of Topliss-reactive ketones (excluding diaryl/α,β-unsaturated/α-hetero) is 1. The highest BCUT2D eigenvalue weighted by Gasteiger charge is 2.40. The number of nitrogens with one attached hydrogen (secondary N) is 2. The molecule has 2 aliphatic carbocycles. The van der Waals surface area contributed by atoms with Crippen molar-refractivity contribution in [3.8, 4) is 0 Å². The van der Waals surface area contributed by atoms with Crippen LogP contribution in [0.4, 0.5) is 10.1 Å². The predicted octanol–water partition coefficient (Wildman–Crippen LogP) is 3.90. The largest absolute Gasteiger partial charge is 0.393 e. The SMILES string of the molecule is Cc1cc(NC(=O)c2c(C3CC3)c(C(=O)C(=O)NC3(C)CCC(O)CC3)n(C)c2C)ccc1F. The van der Waals surface area contributed by atoms with Gasteiger partial charge in [-0.2, -0.15) is 0 Å². The van der Waals surface area contributed by atoms with Crippen LogP contribution in [0.2, 0.25) is 0 Å². The first-order valence-electron chi connectivity index (χ1n) is 11.8. The van der Waals surface area contributed by atoms with Gasteiger partial charge >= 0.3 is 0 Å². The van der Waals surface area contributed by atoms with E-state index in [0.29, 0.717) is 53.8 Å². The number of anilines is 1. The van der Waals surface area contributed by atoms with Crippen LogP contribution in [0.25, 0.3) is 0 Å². The van der Waals surface area contributed by atoms with Crippen LogP contribution in [0.1, 0.15) is 89.0 Å². The fourth-order valence-electron chi connectivity index (χ4n) is 4.88. The second kappa shape index (κ2) is 8.98. The number of aryl methyl sites for hydroxylation is 1. The van der Waals surface area contributed by atoms with Crippen LogP contribution >= 0.6 is 0 Å². The van der Waals surface area contributed by atoms with Gasteiger partial charge in [0, 0.05) is 24.0 Å². The second-order valence-corrected chi connectivity index (χ2v) is 10.0. The molecule has 2 aliphatic rings. The van der Waals surface area contributed by atoms with Gasteiger partial charge in [-0.3, -0.25) is 14.4 Å². The van der Waals surface area contributed by atoms with E-state index in [1.165, 1.54) is 12.1 Å². The Balaban J connectivity index is 1.63. The Labute approximate surface area is 198 Å². The summed E-state index contributed by atoms with van der Waals surface area (Å²) in [4.78, 5) is 39.7. The maximum Gasteiger partial charge on any atom is 0.294 e. The average Bonchev–Trinajstić information content (AvgIpc) is 3.59. The molecule has 0 unspecified atom stereocenters. The van der Waals surface area contributed by atoms with E-state index in [2.05, 4.69) is 10.6 Å². The van der Waals surface area contributed by atoms with Gasteiger partial charge in [-0.1, -0.05) is 0 Å². The van der Waals surface area contributed by atoms with E-state index in [9.17, 15) is 23.9 Å². The van der Waals surface area contributed by atoms with Crippen LogP contribution in [-0.4, -0.2) is 38.9 Å². The number of ketones is 1. The van der Waals surface area contributed by atoms with Crippen LogP contribution in [-0.2, 0) is 11.8 Å². The molecule has 8 heteroatoms. The minimum Gasteiger partial charge on any atom is -0.393 e. The predicted molar refractivity (Wildman–Crippen MR) is 127 cm³/mol. The summed E-state index contributed by atoms with van der Waals surface area (Å²) in [6.07, 6.45) is 3.67. The molecular formula is C26H32FN3O4. The average molecular weight is 470 g/mol. The summed E-state index contributed by atoms with van der Waals surface area (Å²) in [6, 6.07) is 4.36. The number of carbonyl (C=O) groups is 3. The van der Waals surface area contributed by atoms with E-state index in [0.717, 1.165) is 12.8 Å². The van der Waals surface area contributed by atoms with E-state index in [-0.39, 0.29) is 29.4 Å². The van der Waals surface area contributed by atoms with Gasteiger partial charge in [0.2, 0.25) is 0 Å². The maximum absolute atomic E-state index is 13.6. The van der Waals surface area contributed by atoms with Crippen molar-refractivity contribution in [2.24, 2.45) is 7.05 Å². The number of halogens is 1. The highest BCUT2D eigenvalue weighted by Crippen LogP contribution is 2.45. The number of aliphatic hydroxyl groups excluding tert-OH is 1.